The maximum absolute atomic E-state index is 14.1. The molecule has 198 valence electrons. The summed E-state index contributed by atoms with van der Waals surface area (Å²) >= 11 is 4.93. The minimum Gasteiger partial charge on any atom is -0.318 e. The summed E-state index contributed by atoms with van der Waals surface area (Å²) < 4.78 is 19.6. The van der Waals surface area contributed by atoms with Crippen LogP contribution in [-0.4, -0.2) is 9.13 Å². The van der Waals surface area contributed by atoms with Crippen molar-refractivity contribution in [2.75, 3.05) is 0 Å². The van der Waals surface area contributed by atoms with E-state index in [9.17, 15) is 9.18 Å². The summed E-state index contributed by atoms with van der Waals surface area (Å²) in [6, 6.07) is 24.9. The highest BCUT2D eigenvalue weighted by Gasteiger charge is 2.32. The molecule has 0 saturated heterocycles. The molecular weight excluding hydrogens is 585 g/mol. The van der Waals surface area contributed by atoms with Crippen molar-refractivity contribution in [3.63, 3.8) is 0 Å². The summed E-state index contributed by atoms with van der Waals surface area (Å²) in [5.41, 5.74) is 9.48. The van der Waals surface area contributed by atoms with E-state index in [1.807, 2.05) is 28.8 Å². The van der Waals surface area contributed by atoms with Gasteiger partial charge in [-0.25, -0.2) is 9.38 Å². The first-order chi connectivity index (χ1) is 19.4. The number of hydrogen-bond acceptors (Lipinski definition) is 3. The Kier molecular flexibility index (Phi) is 6.09. The molecule has 0 amide bonds. The van der Waals surface area contributed by atoms with Gasteiger partial charge < -0.3 is 4.57 Å². The molecule has 0 spiro atoms. The minimum absolute atomic E-state index is 0.0723. The fraction of sp³-hybridized carbons (Fsp3) is 0.152. The molecule has 0 unspecified atom stereocenters. The molecule has 0 saturated carbocycles. The molecule has 40 heavy (non-hydrogen) atoms. The van der Waals surface area contributed by atoms with Gasteiger partial charge in [-0.05, 0) is 97.5 Å². The monoisotopic (exact) mass is 609 g/mol. The third kappa shape index (κ3) is 4.07. The number of rotatable bonds is 3. The van der Waals surface area contributed by atoms with Crippen molar-refractivity contribution in [2.24, 2.45) is 4.99 Å². The number of halogens is 2. The zero-order chi connectivity index (χ0) is 27.5. The minimum atomic E-state index is -0.322. The quantitative estimate of drug-likeness (QED) is 0.226. The van der Waals surface area contributed by atoms with Crippen molar-refractivity contribution in [1.29, 1.82) is 0 Å². The highest BCUT2D eigenvalue weighted by atomic mass is 79.9. The van der Waals surface area contributed by atoms with Gasteiger partial charge in [0.2, 0.25) is 0 Å². The molecule has 4 nitrogen and oxygen atoms in total. The SMILES string of the molecule is Cc1cc(/C=c2/sc3n(c2=O)[C@@H](c2ccc(F)cc2)C2=C(N=3)c3ccccc3CC2)c(C)n1-c1ccc(Br)cc1. The van der Waals surface area contributed by atoms with Crippen LogP contribution in [0.5, 0.6) is 0 Å². The van der Waals surface area contributed by atoms with Crippen molar-refractivity contribution in [3.8, 4) is 5.69 Å². The van der Waals surface area contributed by atoms with Gasteiger partial charge in [0.1, 0.15) is 5.82 Å². The summed E-state index contributed by atoms with van der Waals surface area (Å²) in [4.78, 5) is 19.8. The smallest absolute Gasteiger partial charge is 0.271 e. The van der Waals surface area contributed by atoms with Crippen molar-refractivity contribution in [2.45, 2.75) is 32.7 Å². The zero-order valence-electron chi connectivity index (χ0n) is 22.0. The summed E-state index contributed by atoms with van der Waals surface area (Å²) in [5, 5.41) is 0. The second kappa shape index (κ2) is 9.68. The van der Waals surface area contributed by atoms with Gasteiger partial charge in [-0.3, -0.25) is 9.36 Å². The van der Waals surface area contributed by atoms with Gasteiger partial charge in [0.15, 0.2) is 4.80 Å². The third-order valence-electron chi connectivity index (χ3n) is 7.90. The molecule has 0 N–H and O–H groups in total. The number of aryl methyl sites for hydroxylation is 2. The Morgan fingerprint density at radius 1 is 1.00 bits per heavy atom. The van der Waals surface area contributed by atoms with Crippen LogP contribution in [0.1, 0.15) is 46.1 Å². The van der Waals surface area contributed by atoms with Gasteiger partial charge in [-0.1, -0.05) is 63.7 Å². The number of thiazole rings is 1. The van der Waals surface area contributed by atoms with Crippen LogP contribution in [0.4, 0.5) is 4.39 Å². The molecule has 7 rings (SSSR count). The Hall–Kier alpha value is -3.81. The second-order valence-electron chi connectivity index (χ2n) is 10.3. The van der Waals surface area contributed by atoms with Crippen LogP contribution in [0.2, 0.25) is 0 Å². The normalized spacial score (nSPS) is 16.4. The number of allylic oxidation sites excluding steroid dienone is 1. The van der Waals surface area contributed by atoms with Crippen LogP contribution in [0, 0.1) is 19.7 Å². The van der Waals surface area contributed by atoms with Gasteiger partial charge in [0.25, 0.3) is 5.56 Å². The fourth-order valence-corrected chi connectivity index (χ4v) is 7.29. The Morgan fingerprint density at radius 2 is 1.75 bits per heavy atom. The van der Waals surface area contributed by atoms with Gasteiger partial charge in [0, 0.05) is 27.1 Å². The summed E-state index contributed by atoms with van der Waals surface area (Å²) in [6.07, 6.45) is 3.67. The van der Waals surface area contributed by atoms with Crippen molar-refractivity contribution >= 4 is 39.0 Å². The van der Waals surface area contributed by atoms with E-state index in [0.29, 0.717) is 9.33 Å². The molecule has 3 aromatic carbocycles. The van der Waals surface area contributed by atoms with Crippen LogP contribution in [0.3, 0.4) is 0 Å². The van der Waals surface area contributed by atoms with E-state index >= 15 is 0 Å². The average Bonchev–Trinajstić information content (AvgIpc) is 3.42. The molecule has 0 fully saturated rings. The molecule has 1 atom stereocenters. The fourth-order valence-electron chi connectivity index (χ4n) is 6.03. The van der Waals surface area contributed by atoms with E-state index in [0.717, 1.165) is 62.4 Å². The van der Waals surface area contributed by atoms with E-state index in [4.69, 9.17) is 4.99 Å². The topological polar surface area (TPSA) is 39.3 Å². The Balaban J connectivity index is 1.43. The number of benzene rings is 3. The van der Waals surface area contributed by atoms with Gasteiger partial charge in [0.05, 0.1) is 16.3 Å². The molecule has 1 aliphatic heterocycles. The largest absolute Gasteiger partial charge is 0.318 e. The first-order valence-electron chi connectivity index (χ1n) is 13.2. The van der Waals surface area contributed by atoms with E-state index in [2.05, 4.69) is 70.7 Å². The first-order valence-corrected chi connectivity index (χ1v) is 14.8. The van der Waals surface area contributed by atoms with Crippen LogP contribution >= 0.6 is 27.3 Å². The van der Waals surface area contributed by atoms with E-state index < -0.39 is 0 Å². The van der Waals surface area contributed by atoms with Gasteiger partial charge in [-0.15, -0.1) is 0 Å². The number of hydrogen-bond donors (Lipinski definition) is 0. The summed E-state index contributed by atoms with van der Waals surface area (Å²) in [6.45, 7) is 4.16. The third-order valence-corrected chi connectivity index (χ3v) is 9.41. The molecule has 5 aromatic rings. The lowest BCUT2D eigenvalue weighted by atomic mass is 9.83. The molecule has 0 radical (unpaired) electrons. The summed E-state index contributed by atoms with van der Waals surface area (Å²) in [5.74, 6) is -0.291. The second-order valence-corrected chi connectivity index (χ2v) is 12.2. The van der Waals surface area contributed by atoms with Crippen LogP contribution in [0.25, 0.3) is 17.5 Å². The average molecular weight is 611 g/mol. The predicted octanol–water partition coefficient (Wildman–Crippen LogP) is 6.63. The Morgan fingerprint density at radius 3 is 2.52 bits per heavy atom. The standard InChI is InChI=1S/C33H25BrFN3OS/c1-19-17-23(20(2)37(19)26-14-10-24(34)11-15-26)18-29-32(39)38-31(22-7-12-25(35)13-8-22)28-16-9-21-5-3-4-6-27(21)30(28)36-33(38)40-29/h3-8,10-15,17-18,31H,9,16H2,1-2H3/b29-18+/t31-/m0/s1. The lowest BCUT2D eigenvalue weighted by Crippen LogP contribution is -2.38. The van der Waals surface area contributed by atoms with Gasteiger partial charge in [-0.2, -0.15) is 0 Å². The zero-order valence-corrected chi connectivity index (χ0v) is 24.4. The maximum Gasteiger partial charge on any atom is 0.271 e. The Labute approximate surface area is 243 Å². The summed E-state index contributed by atoms with van der Waals surface area (Å²) in [7, 11) is 0. The lowest BCUT2D eigenvalue weighted by molar-refractivity contribution is 0.581. The van der Waals surface area contributed by atoms with Crippen molar-refractivity contribution < 1.29 is 4.39 Å². The van der Waals surface area contributed by atoms with E-state index in [1.54, 1.807) is 12.1 Å². The molecule has 1 aliphatic carbocycles. The lowest BCUT2D eigenvalue weighted by Gasteiger charge is -2.30. The van der Waals surface area contributed by atoms with Crippen molar-refractivity contribution in [3.05, 3.63) is 148 Å². The van der Waals surface area contributed by atoms with Gasteiger partial charge >= 0.3 is 0 Å². The van der Waals surface area contributed by atoms with E-state index in [1.165, 1.54) is 29.0 Å². The molecule has 7 heteroatoms. The van der Waals surface area contributed by atoms with Crippen LogP contribution < -0.4 is 14.9 Å². The maximum atomic E-state index is 14.1. The number of aromatic nitrogens is 2. The number of fused-ring (bicyclic) bond motifs is 3. The Bertz CT molecular complexity index is 2010. The molecular formula is C33H25BrFN3OS. The van der Waals surface area contributed by atoms with Crippen molar-refractivity contribution in [1.82, 2.24) is 9.13 Å². The first kappa shape index (κ1) is 25.2. The highest BCUT2D eigenvalue weighted by Crippen LogP contribution is 2.41. The predicted molar refractivity (Wildman–Crippen MR) is 162 cm³/mol. The molecule has 3 heterocycles. The molecule has 2 aliphatic rings. The van der Waals surface area contributed by atoms with Crippen LogP contribution in [-0.2, 0) is 6.42 Å². The van der Waals surface area contributed by atoms with E-state index in [-0.39, 0.29) is 17.4 Å². The highest BCUT2D eigenvalue weighted by molar-refractivity contribution is 9.10. The molecule has 2 aromatic heterocycles. The number of nitrogens with zero attached hydrogens (tertiary/aromatic N) is 3. The molecule has 0 bridgehead atoms. The van der Waals surface area contributed by atoms with Crippen LogP contribution in [0.15, 0.2) is 98.7 Å².